The molecule has 0 saturated carbocycles. The van der Waals surface area contributed by atoms with Crippen LogP contribution in [0.5, 0.6) is 11.6 Å². The van der Waals surface area contributed by atoms with E-state index in [-0.39, 0.29) is 5.88 Å². The van der Waals surface area contributed by atoms with E-state index in [0.29, 0.717) is 18.3 Å². The SMILES string of the molecule is CCNC(=O)n1nc(Oc2ccc([N+](=O)[O-])cc2C(F)(F)F)cc1C. The second kappa shape index (κ2) is 6.79. The maximum atomic E-state index is 13.1. The highest BCUT2D eigenvalue weighted by atomic mass is 19.4. The van der Waals surface area contributed by atoms with Crippen LogP contribution in [0.15, 0.2) is 24.3 Å². The molecule has 134 valence electrons. The Balaban J connectivity index is 2.39. The number of ether oxygens (including phenoxy) is 1. The lowest BCUT2D eigenvalue weighted by Crippen LogP contribution is -2.29. The quantitative estimate of drug-likeness (QED) is 0.666. The van der Waals surface area contributed by atoms with E-state index in [0.717, 1.165) is 16.8 Å². The third-order valence-corrected chi connectivity index (χ3v) is 3.08. The lowest BCUT2D eigenvalue weighted by molar-refractivity contribution is -0.385. The summed E-state index contributed by atoms with van der Waals surface area (Å²) < 4.78 is 45.4. The van der Waals surface area contributed by atoms with Gasteiger partial charge in [0.15, 0.2) is 0 Å². The molecule has 1 heterocycles. The van der Waals surface area contributed by atoms with Gasteiger partial charge >= 0.3 is 12.2 Å². The van der Waals surface area contributed by atoms with Gasteiger partial charge in [0.05, 0.1) is 10.6 Å². The van der Waals surface area contributed by atoms with Gasteiger partial charge in [0.2, 0.25) is 5.88 Å². The van der Waals surface area contributed by atoms with Gasteiger partial charge in [-0.15, -0.1) is 5.10 Å². The smallest absolute Gasteiger partial charge is 0.420 e. The number of aromatic nitrogens is 2. The molecule has 1 aromatic carbocycles. The number of rotatable bonds is 4. The number of nitro groups is 1. The molecule has 0 saturated heterocycles. The molecular formula is C14H13F3N4O4. The average molecular weight is 358 g/mol. The molecule has 11 heteroatoms. The number of nitrogens with one attached hydrogen (secondary N) is 1. The zero-order valence-electron chi connectivity index (χ0n) is 13.1. The first-order valence-corrected chi connectivity index (χ1v) is 7.01. The van der Waals surface area contributed by atoms with E-state index in [1.165, 1.54) is 13.0 Å². The van der Waals surface area contributed by atoms with Gasteiger partial charge in [0.1, 0.15) is 11.3 Å². The van der Waals surface area contributed by atoms with E-state index < -0.39 is 34.1 Å². The number of non-ortho nitro benzene ring substituents is 1. The predicted octanol–water partition coefficient (Wildman–Crippen LogP) is 3.49. The highest BCUT2D eigenvalue weighted by molar-refractivity contribution is 5.76. The number of halogens is 3. The third kappa shape index (κ3) is 4.05. The highest BCUT2D eigenvalue weighted by Crippen LogP contribution is 2.39. The van der Waals surface area contributed by atoms with Crippen LogP contribution in [0.4, 0.5) is 23.7 Å². The first kappa shape index (κ1) is 18.2. The normalized spacial score (nSPS) is 11.2. The summed E-state index contributed by atoms with van der Waals surface area (Å²) in [6, 6.07) is 2.81. The second-order valence-corrected chi connectivity index (χ2v) is 4.91. The van der Waals surface area contributed by atoms with Crippen LogP contribution in [0.25, 0.3) is 0 Å². The van der Waals surface area contributed by atoms with Crippen molar-refractivity contribution < 1.29 is 27.6 Å². The Kier molecular flexibility index (Phi) is 4.95. The van der Waals surface area contributed by atoms with Crippen molar-refractivity contribution in [1.82, 2.24) is 15.1 Å². The summed E-state index contributed by atoms with van der Waals surface area (Å²) in [5.74, 6) is -0.901. The second-order valence-electron chi connectivity index (χ2n) is 4.91. The van der Waals surface area contributed by atoms with Gasteiger partial charge in [-0.1, -0.05) is 0 Å². The van der Waals surface area contributed by atoms with Crippen molar-refractivity contribution in [3.8, 4) is 11.6 Å². The Morgan fingerprint density at radius 2 is 2.08 bits per heavy atom. The van der Waals surface area contributed by atoms with Gasteiger partial charge in [-0.05, 0) is 19.9 Å². The largest absolute Gasteiger partial charge is 0.437 e. The molecule has 0 aliphatic heterocycles. The molecule has 25 heavy (non-hydrogen) atoms. The monoisotopic (exact) mass is 358 g/mol. The number of amides is 1. The molecule has 1 N–H and O–H groups in total. The molecule has 2 rings (SSSR count). The summed E-state index contributed by atoms with van der Waals surface area (Å²) in [5.41, 5.74) is -1.69. The van der Waals surface area contributed by atoms with E-state index in [1.807, 2.05) is 0 Å². The molecule has 0 aliphatic carbocycles. The van der Waals surface area contributed by atoms with E-state index in [2.05, 4.69) is 10.4 Å². The van der Waals surface area contributed by atoms with E-state index in [9.17, 15) is 28.1 Å². The molecule has 8 nitrogen and oxygen atoms in total. The molecule has 0 atom stereocenters. The number of benzene rings is 1. The summed E-state index contributed by atoms with van der Waals surface area (Å²) in [4.78, 5) is 21.5. The molecule has 2 aromatic rings. The number of carbonyl (C=O) groups excluding carboxylic acids is 1. The summed E-state index contributed by atoms with van der Waals surface area (Å²) in [7, 11) is 0. The fraction of sp³-hybridized carbons (Fsp3) is 0.286. The highest BCUT2D eigenvalue weighted by Gasteiger charge is 2.36. The van der Waals surface area contributed by atoms with Crippen molar-refractivity contribution in [1.29, 1.82) is 0 Å². The molecule has 0 aliphatic rings. The molecule has 0 radical (unpaired) electrons. The lowest BCUT2D eigenvalue weighted by Gasteiger charge is -2.12. The number of aryl methyl sites for hydroxylation is 1. The van der Waals surface area contributed by atoms with Crippen molar-refractivity contribution in [2.45, 2.75) is 20.0 Å². The van der Waals surface area contributed by atoms with Crippen molar-refractivity contribution in [2.24, 2.45) is 0 Å². The molecular weight excluding hydrogens is 345 g/mol. The minimum absolute atomic E-state index is 0.247. The molecule has 0 bridgehead atoms. The number of nitro benzene ring substituents is 1. The first-order valence-electron chi connectivity index (χ1n) is 7.01. The van der Waals surface area contributed by atoms with Crippen molar-refractivity contribution in [3.05, 3.63) is 45.6 Å². The zero-order valence-corrected chi connectivity index (χ0v) is 13.1. The summed E-state index contributed by atoms with van der Waals surface area (Å²) in [5, 5.41) is 16.9. The molecule has 1 aromatic heterocycles. The van der Waals surface area contributed by atoms with Crippen molar-refractivity contribution >= 4 is 11.7 Å². The van der Waals surface area contributed by atoms with Gasteiger partial charge in [0.25, 0.3) is 5.69 Å². The maximum absolute atomic E-state index is 13.1. The van der Waals surface area contributed by atoms with Crippen LogP contribution in [0.1, 0.15) is 18.2 Å². The number of hydrogen-bond donors (Lipinski definition) is 1. The van der Waals surface area contributed by atoms with Crippen LogP contribution in [0.3, 0.4) is 0 Å². The number of hydrogen-bond acceptors (Lipinski definition) is 5. The van der Waals surface area contributed by atoms with Crippen LogP contribution in [0, 0.1) is 17.0 Å². The molecule has 1 amide bonds. The van der Waals surface area contributed by atoms with Gasteiger partial charge in [0, 0.05) is 24.7 Å². The molecule has 0 spiro atoms. The maximum Gasteiger partial charge on any atom is 0.420 e. The Bertz CT molecular complexity index is 817. The van der Waals surface area contributed by atoms with Crippen LogP contribution >= 0.6 is 0 Å². The van der Waals surface area contributed by atoms with E-state index >= 15 is 0 Å². The average Bonchev–Trinajstić information content (AvgIpc) is 2.87. The summed E-state index contributed by atoms with van der Waals surface area (Å²) in [6.45, 7) is 3.56. The Morgan fingerprint density at radius 1 is 1.40 bits per heavy atom. The standard InChI is InChI=1S/C14H13F3N4O4/c1-3-18-13(22)20-8(2)6-12(19-20)25-11-5-4-9(21(23)24)7-10(11)14(15,16)17/h4-7H,3H2,1-2H3,(H,18,22). The van der Waals surface area contributed by atoms with Gasteiger partial charge in [-0.25, -0.2) is 4.79 Å². The third-order valence-electron chi connectivity index (χ3n) is 3.08. The number of carbonyl (C=O) groups is 1. The van der Waals surface area contributed by atoms with Crippen molar-refractivity contribution in [2.75, 3.05) is 6.54 Å². The minimum atomic E-state index is -4.86. The minimum Gasteiger partial charge on any atom is -0.437 e. The van der Waals surface area contributed by atoms with Gasteiger partial charge in [-0.3, -0.25) is 10.1 Å². The lowest BCUT2D eigenvalue weighted by atomic mass is 10.1. The van der Waals surface area contributed by atoms with Crippen LogP contribution in [-0.4, -0.2) is 27.3 Å². The summed E-state index contributed by atoms with van der Waals surface area (Å²) >= 11 is 0. The van der Waals surface area contributed by atoms with E-state index in [4.69, 9.17) is 4.74 Å². The zero-order chi connectivity index (χ0) is 18.8. The Morgan fingerprint density at radius 3 is 2.64 bits per heavy atom. The van der Waals surface area contributed by atoms with Crippen LogP contribution < -0.4 is 10.1 Å². The van der Waals surface area contributed by atoms with Crippen LogP contribution in [-0.2, 0) is 6.18 Å². The summed E-state index contributed by atoms with van der Waals surface area (Å²) in [6.07, 6.45) is -4.86. The predicted molar refractivity (Wildman–Crippen MR) is 79.6 cm³/mol. The topological polar surface area (TPSA) is 99.3 Å². The first-order chi connectivity index (χ1) is 11.6. The molecule has 0 fully saturated rings. The molecule has 0 unspecified atom stereocenters. The number of alkyl halides is 3. The van der Waals surface area contributed by atoms with Gasteiger partial charge in [-0.2, -0.15) is 17.9 Å². The fourth-order valence-corrected chi connectivity index (χ4v) is 1.98. The van der Waals surface area contributed by atoms with Gasteiger partial charge < -0.3 is 10.1 Å². The van der Waals surface area contributed by atoms with E-state index in [1.54, 1.807) is 6.92 Å². The number of nitrogens with zero attached hydrogens (tertiary/aromatic N) is 3. The fourth-order valence-electron chi connectivity index (χ4n) is 1.98. The van der Waals surface area contributed by atoms with Crippen molar-refractivity contribution in [3.63, 3.8) is 0 Å². The Hall–Kier alpha value is -3.11. The Labute approximate surface area is 139 Å². The van der Waals surface area contributed by atoms with Crippen LogP contribution in [0.2, 0.25) is 0 Å².